The summed E-state index contributed by atoms with van der Waals surface area (Å²) in [5.41, 5.74) is 6.09. The first-order chi connectivity index (χ1) is 20.1. The third-order valence-corrected chi connectivity index (χ3v) is 11.2. The summed E-state index contributed by atoms with van der Waals surface area (Å²) < 4.78 is 5.74. The van der Waals surface area contributed by atoms with Gasteiger partial charge < -0.3 is 31.0 Å². The lowest BCUT2D eigenvalue weighted by atomic mass is 9.86. The van der Waals surface area contributed by atoms with Gasteiger partial charge in [0.25, 0.3) is 0 Å². The number of aliphatic hydroxyl groups excluding tert-OH is 1. The second-order valence-electron chi connectivity index (χ2n) is 10.2. The van der Waals surface area contributed by atoms with Crippen LogP contribution in [-0.4, -0.2) is 79.2 Å². The van der Waals surface area contributed by atoms with Crippen molar-refractivity contribution in [3.8, 4) is 5.75 Å². The SMILES string of the molecule is CCCC[C@]1(CC)C(O)Sc2cc(CN[C@@H](CSSCC(N)C(=O)O)C(=O)O)c(OC)cc2[C@@H](c2ccccc2)N1O. The van der Waals surface area contributed by atoms with Gasteiger partial charge in [-0.25, -0.2) is 0 Å². The van der Waals surface area contributed by atoms with E-state index in [4.69, 9.17) is 15.6 Å². The van der Waals surface area contributed by atoms with E-state index in [1.165, 1.54) is 38.4 Å². The van der Waals surface area contributed by atoms with Gasteiger partial charge in [-0.2, -0.15) is 5.06 Å². The molecular formula is C29H41N3O7S3. The molecule has 10 nitrogen and oxygen atoms in total. The zero-order chi connectivity index (χ0) is 30.9. The first kappa shape index (κ1) is 34.5. The maximum atomic E-state index is 12.0. The minimum atomic E-state index is -1.10. The molecule has 0 radical (unpaired) electrons. The molecule has 3 rings (SSSR count). The molecule has 1 heterocycles. The van der Waals surface area contributed by atoms with Crippen LogP contribution in [-0.2, 0) is 16.1 Å². The monoisotopic (exact) mass is 639 g/mol. The zero-order valence-corrected chi connectivity index (χ0v) is 26.5. The highest BCUT2D eigenvalue weighted by Gasteiger charge is 2.48. The van der Waals surface area contributed by atoms with Crippen LogP contribution in [0.4, 0.5) is 0 Å². The molecule has 0 fully saturated rings. The lowest BCUT2D eigenvalue weighted by molar-refractivity contribution is -0.217. The lowest BCUT2D eigenvalue weighted by Crippen LogP contribution is -2.54. The Balaban J connectivity index is 1.93. The van der Waals surface area contributed by atoms with E-state index in [2.05, 4.69) is 12.2 Å². The van der Waals surface area contributed by atoms with Gasteiger partial charge in [0, 0.05) is 28.5 Å². The summed E-state index contributed by atoms with van der Waals surface area (Å²) in [5, 5.41) is 46.6. The summed E-state index contributed by atoms with van der Waals surface area (Å²) in [6, 6.07) is 11.0. The number of carboxylic acid groups (broad SMARTS) is 2. The number of fused-ring (bicyclic) bond motifs is 1. The standard InChI is InChI=1S/C29H41N3O7S3/c1-4-6-12-29(5-2)28(37)42-24-13-19(15-31-22(27(35)36)17-41-40-16-21(30)26(33)34)23(39-3)14-20(24)25(32(29)38)18-10-8-7-9-11-18/h7-11,13-14,21-22,25,28,31,37-38H,4-6,12,15-17,30H2,1-3H3,(H,33,34)(H,35,36)/t21?,22-,25+,28?,29+/m0/s1. The molecule has 0 aliphatic carbocycles. The number of carboxylic acids is 2. The highest BCUT2D eigenvalue weighted by molar-refractivity contribution is 8.76. The fourth-order valence-electron chi connectivity index (χ4n) is 4.94. The molecule has 7 N–H and O–H groups in total. The average Bonchev–Trinajstić information content (AvgIpc) is 3.06. The smallest absolute Gasteiger partial charge is 0.321 e. The van der Waals surface area contributed by atoms with Gasteiger partial charge in [-0.1, -0.05) is 90.4 Å². The summed E-state index contributed by atoms with van der Waals surface area (Å²) in [7, 11) is 4.00. The van der Waals surface area contributed by atoms with E-state index >= 15 is 0 Å². The molecule has 1 aliphatic rings. The first-order valence-electron chi connectivity index (χ1n) is 13.9. The minimum Gasteiger partial charge on any atom is -0.496 e. The summed E-state index contributed by atoms with van der Waals surface area (Å²) >= 11 is 1.30. The van der Waals surface area contributed by atoms with Crippen molar-refractivity contribution in [1.29, 1.82) is 0 Å². The van der Waals surface area contributed by atoms with Gasteiger partial charge >= 0.3 is 11.9 Å². The summed E-state index contributed by atoms with van der Waals surface area (Å²) in [6.07, 6.45) is 2.91. The molecule has 0 saturated heterocycles. The number of hydrogen-bond donors (Lipinski definition) is 6. The van der Waals surface area contributed by atoms with Gasteiger partial charge in [0.1, 0.15) is 23.3 Å². The van der Waals surface area contributed by atoms with Crippen LogP contribution >= 0.6 is 33.3 Å². The Kier molecular flexibility index (Phi) is 13.3. The Bertz CT molecular complexity index is 1190. The number of nitrogens with one attached hydrogen (secondary N) is 1. The fourth-order valence-corrected chi connectivity index (χ4v) is 8.62. The van der Waals surface area contributed by atoms with Crippen molar-refractivity contribution < 1.29 is 34.9 Å². The van der Waals surface area contributed by atoms with E-state index in [0.29, 0.717) is 24.2 Å². The molecule has 0 spiro atoms. The number of carbonyl (C=O) groups is 2. The summed E-state index contributed by atoms with van der Waals surface area (Å²) in [6.45, 7) is 4.24. The van der Waals surface area contributed by atoms with E-state index in [-0.39, 0.29) is 18.1 Å². The first-order valence-corrected chi connectivity index (χ1v) is 17.2. The predicted molar refractivity (Wildman–Crippen MR) is 168 cm³/mol. The normalized spacial score (nSPS) is 22.1. The second-order valence-corrected chi connectivity index (χ2v) is 13.9. The maximum Gasteiger partial charge on any atom is 0.321 e. The lowest BCUT2D eigenvalue weighted by Gasteiger charge is -2.44. The minimum absolute atomic E-state index is 0.159. The number of unbranched alkanes of at least 4 members (excludes halogenated alkanes) is 1. The van der Waals surface area contributed by atoms with Gasteiger partial charge in [-0.15, -0.1) is 0 Å². The molecule has 232 valence electrons. The third-order valence-electron chi connectivity index (χ3n) is 7.52. The molecule has 2 aromatic carbocycles. The number of aliphatic hydroxyl groups is 1. The van der Waals surface area contributed by atoms with Crippen LogP contribution in [0.1, 0.15) is 62.3 Å². The Morgan fingerprint density at radius 3 is 2.43 bits per heavy atom. The summed E-state index contributed by atoms with van der Waals surface area (Å²) in [5.74, 6) is -1.25. The van der Waals surface area contributed by atoms with Crippen molar-refractivity contribution in [1.82, 2.24) is 10.4 Å². The van der Waals surface area contributed by atoms with Crippen LogP contribution in [0.2, 0.25) is 0 Å². The number of nitrogens with zero attached hydrogens (tertiary/aromatic N) is 1. The number of ether oxygens (including phenoxy) is 1. The number of nitrogens with two attached hydrogens (primary N) is 1. The number of rotatable bonds is 16. The van der Waals surface area contributed by atoms with Crippen LogP contribution in [0, 0.1) is 0 Å². The quantitative estimate of drug-likeness (QED) is 0.112. The molecular weight excluding hydrogens is 599 g/mol. The predicted octanol–water partition coefficient (Wildman–Crippen LogP) is 4.58. The Morgan fingerprint density at radius 1 is 1.14 bits per heavy atom. The second kappa shape index (κ2) is 16.2. The van der Waals surface area contributed by atoms with Crippen LogP contribution < -0.4 is 15.8 Å². The molecule has 0 amide bonds. The molecule has 42 heavy (non-hydrogen) atoms. The van der Waals surface area contributed by atoms with E-state index in [1.807, 2.05) is 49.4 Å². The molecule has 13 heteroatoms. The molecule has 5 atom stereocenters. The fraction of sp³-hybridized carbons (Fsp3) is 0.517. The van der Waals surface area contributed by atoms with Crippen molar-refractivity contribution in [2.75, 3.05) is 18.6 Å². The van der Waals surface area contributed by atoms with Gasteiger partial charge in [-0.05, 0) is 36.1 Å². The van der Waals surface area contributed by atoms with Crippen LogP contribution in [0.15, 0.2) is 47.4 Å². The topological polar surface area (TPSA) is 166 Å². The summed E-state index contributed by atoms with van der Waals surface area (Å²) in [4.78, 5) is 23.6. The van der Waals surface area contributed by atoms with Crippen LogP contribution in [0.5, 0.6) is 5.75 Å². The van der Waals surface area contributed by atoms with Crippen LogP contribution in [0.25, 0.3) is 0 Å². The van der Waals surface area contributed by atoms with Gasteiger partial charge in [0.15, 0.2) is 0 Å². The third kappa shape index (κ3) is 8.14. The van der Waals surface area contributed by atoms with E-state index in [9.17, 15) is 25.0 Å². The molecule has 0 bridgehead atoms. The zero-order valence-electron chi connectivity index (χ0n) is 24.1. The number of hydroxylamine groups is 2. The largest absolute Gasteiger partial charge is 0.496 e. The number of aliphatic carboxylic acids is 2. The highest BCUT2D eigenvalue weighted by Crippen LogP contribution is 2.50. The number of benzene rings is 2. The molecule has 1 aliphatic heterocycles. The Hall–Kier alpha value is -1.97. The van der Waals surface area contributed by atoms with Crippen molar-refractivity contribution in [3.63, 3.8) is 0 Å². The number of thioether (sulfide) groups is 1. The van der Waals surface area contributed by atoms with Crippen LogP contribution in [0.3, 0.4) is 0 Å². The van der Waals surface area contributed by atoms with E-state index < -0.39 is 41.0 Å². The van der Waals surface area contributed by atoms with Crippen molar-refractivity contribution in [2.24, 2.45) is 5.73 Å². The van der Waals surface area contributed by atoms with Crippen molar-refractivity contribution in [2.45, 2.75) is 80.1 Å². The van der Waals surface area contributed by atoms with Gasteiger partial charge in [0.05, 0.1) is 18.7 Å². The molecule has 0 saturated carbocycles. The van der Waals surface area contributed by atoms with Crippen molar-refractivity contribution in [3.05, 3.63) is 59.2 Å². The number of hydrogen-bond acceptors (Lipinski definition) is 11. The Labute approximate surface area is 259 Å². The average molecular weight is 640 g/mol. The van der Waals surface area contributed by atoms with Crippen molar-refractivity contribution >= 4 is 45.3 Å². The molecule has 2 unspecified atom stereocenters. The highest BCUT2D eigenvalue weighted by atomic mass is 33.1. The molecule has 0 aromatic heterocycles. The Morgan fingerprint density at radius 2 is 1.83 bits per heavy atom. The van der Waals surface area contributed by atoms with E-state index in [1.54, 1.807) is 7.11 Å². The van der Waals surface area contributed by atoms with E-state index in [0.717, 1.165) is 28.9 Å². The molecule has 2 aromatic rings. The van der Waals surface area contributed by atoms with Gasteiger partial charge in [-0.3, -0.25) is 14.9 Å². The maximum absolute atomic E-state index is 12.0. The number of methoxy groups -OCH3 is 1. The van der Waals surface area contributed by atoms with Gasteiger partial charge in [0.2, 0.25) is 0 Å².